The van der Waals surface area contributed by atoms with Crippen molar-refractivity contribution in [3.63, 3.8) is 0 Å². The lowest BCUT2D eigenvalue weighted by atomic mass is 9.85. The maximum absolute atomic E-state index is 14.5. The van der Waals surface area contributed by atoms with E-state index in [0.29, 0.717) is 24.3 Å². The number of hydrogen-bond donors (Lipinski definition) is 1. The molecule has 202 valence electrons. The maximum Gasteiger partial charge on any atom is 0.229 e. The molecule has 0 bridgehead atoms. The highest BCUT2D eigenvalue weighted by atomic mass is 35.5. The predicted octanol–water partition coefficient (Wildman–Crippen LogP) is 5.31. The number of nitrogens with one attached hydrogen (secondary N) is 1. The monoisotopic (exact) mass is 539 g/mol. The number of rotatable bonds is 6. The van der Waals surface area contributed by atoms with E-state index >= 15 is 0 Å². The third-order valence-electron chi connectivity index (χ3n) is 9.13. The van der Waals surface area contributed by atoms with Gasteiger partial charge in [0.2, 0.25) is 5.91 Å². The summed E-state index contributed by atoms with van der Waals surface area (Å²) in [5.41, 5.74) is 1.69. The molecule has 1 saturated carbocycles. The Balaban J connectivity index is 1.16. The molecule has 1 aromatic carbocycles. The summed E-state index contributed by atoms with van der Waals surface area (Å²) >= 11 is 6.73. The van der Waals surface area contributed by atoms with Crippen molar-refractivity contribution < 1.29 is 13.9 Å². The first-order chi connectivity index (χ1) is 18.3. The summed E-state index contributed by atoms with van der Waals surface area (Å²) in [7, 11) is 1.90. The number of nitrogens with zero attached hydrogens (tertiary/aromatic N) is 4. The van der Waals surface area contributed by atoms with E-state index in [4.69, 9.17) is 16.3 Å². The van der Waals surface area contributed by atoms with Crippen molar-refractivity contribution in [3.8, 4) is 0 Å². The number of aromatic nitrogens is 3. The minimum atomic E-state index is -0.952. The molecular weight excluding hydrogens is 505 g/mol. The smallest absolute Gasteiger partial charge is 0.229 e. The highest BCUT2D eigenvalue weighted by molar-refractivity contribution is 6.32. The number of amides is 1. The van der Waals surface area contributed by atoms with Gasteiger partial charge in [-0.05, 0) is 79.4 Å². The topological polar surface area (TPSA) is 72.3 Å². The van der Waals surface area contributed by atoms with E-state index in [-0.39, 0.29) is 24.3 Å². The molecule has 9 heteroatoms. The molecule has 6 rings (SSSR count). The summed E-state index contributed by atoms with van der Waals surface area (Å²) in [6.45, 7) is 6.36. The Morgan fingerprint density at radius 2 is 2.03 bits per heavy atom. The molecule has 3 fully saturated rings. The minimum Gasteiger partial charge on any atom is -0.376 e. The number of benzene rings is 1. The average molecular weight is 540 g/mol. The van der Waals surface area contributed by atoms with Crippen LogP contribution in [0, 0.1) is 11.8 Å². The fraction of sp³-hybridized carbons (Fsp3) is 0.552. The number of piperidine rings is 1. The van der Waals surface area contributed by atoms with Crippen molar-refractivity contribution in [3.05, 3.63) is 52.9 Å². The Hall–Kier alpha value is -2.55. The minimum absolute atomic E-state index is 0.00895. The highest BCUT2D eigenvalue weighted by Crippen LogP contribution is 2.56. The Labute approximate surface area is 227 Å². The first-order valence-corrected chi connectivity index (χ1v) is 14.0. The second-order valence-corrected chi connectivity index (χ2v) is 11.9. The number of ether oxygens (including phenoxy) is 1. The number of pyridine rings is 1. The van der Waals surface area contributed by atoms with Crippen LogP contribution < -0.4 is 5.32 Å². The Morgan fingerprint density at radius 1 is 1.24 bits per heavy atom. The molecule has 1 N–H and O–H groups in total. The zero-order chi connectivity index (χ0) is 26.6. The molecule has 0 radical (unpaired) electrons. The van der Waals surface area contributed by atoms with Crippen LogP contribution in [0.4, 0.5) is 10.2 Å². The lowest BCUT2D eigenvalue weighted by Crippen LogP contribution is -2.55. The lowest BCUT2D eigenvalue weighted by Gasteiger charge is -2.43. The molecule has 38 heavy (non-hydrogen) atoms. The summed E-state index contributed by atoms with van der Waals surface area (Å²) in [4.78, 5) is 19.9. The van der Waals surface area contributed by atoms with Crippen LogP contribution in [-0.2, 0) is 16.6 Å². The largest absolute Gasteiger partial charge is 0.376 e. The number of halogens is 2. The van der Waals surface area contributed by atoms with Crippen molar-refractivity contribution in [2.24, 2.45) is 18.9 Å². The molecule has 3 aromatic rings. The van der Waals surface area contributed by atoms with Gasteiger partial charge >= 0.3 is 0 Å². The van der Waals surface area contributed by atoms with Gasteiger partial charge in [-0.15, -0.1) is 0 Å². The second-order valence-electron chi connectivity index (χ2n) is 11.5. The summed E-state index contributed by atoms with van der Waals surface area (Å²) in [6, 6.07) is 6.04. The van der Waals surface area contributed by atoms with Crippen LogP contribution in [-0.4, -0.2) is 63.6 Å². The molecule has 2 aliphatic heterocycles. The van der Waals surface area contributed by atoms with E-state index in [1.54, 1.807) is 10.9 Å². The molecule has 5 atom stereocenters. The van der Waals surface area contributed by atoms with Gasteiger partial charge in [-0.1, -0.05) is 24.9 Å². The van der Waals surface area contributed by atoms with Gasteiger partial charge in [0.1, 0.15) is 12.0 Å². The van der Waals surface area contributed by atoms with Gasteiger partial charge in [-0.25, -0.2) is 9.37 Å². The first-order valence-electron chi connectivity index (χ1n) is 13.6. The standard InChI is InChI=1S/C29H35ClFN5O2/c1-4-21-26(20-13-33-35(3)14-20)27(21)28(37)34-25-11-18-9-22(23(30)10-19(18)12-32-25)17-5-7-36(8-6-17)29(2)16-38-15-24(29)31/h9-14,17,21,24,26-27H,4-8,15-16H2,1-3H3,(H,32,34,37)/t21-,24+,26-,27-,29-/m1/s1. The molecule has 1 aliphatic carbocycles. The van der Waals surface area contributed by atoms with E-state index in [2.05, 4.69) is 33.3 Å². The predicted molar refractivity (Wildman–Crippen MR) is 146 cm³/mol. The zero-order valence-corrected chi connectivity index (χ0v) is 22.9. The van der Waals surface area contributed by atoms with E-state index in [9.17, 15) is 9.18 Å². The van der Waals surface area contributed by atoms with Crippen molar-refractivity contribution in [2.45, 2.75) is 56.7 Å². The van der Waals surface area contributed by atoms with Gasteiger partial charge in [0.25, 0.3) is 0 Å². The van der Waals surface area contributed by atoms with Gasteiger partial charge in [-0.2, -0.15) is 5.10 Å². The molecule has 0 unspecified atom stereocenters. The van der Waals surface area contributed by atoms with Crippen LogP contribution in [0.25, 0.3) is 10.8 Å². The van der Waals surface area contributed by atoms with E-state index < -0.39 is 11.7 Å². The molecule has 7 nitrogen and oxygen atoms in total. The van der Waals surface area contributed by atoms with Crippen LogP contribution in [0.5, 0.6) is 0 Å². The van der Waals surface area contributed by atoms with E-state index in [1.807, 2.05) is 38.5 Å². The molecular formula is C29H35ClFN5O2. The molecule has 2 saturated heterocycles. The van der Waals surface area contributed by atoms with E-state index in [1.165, 1.54) is 0 Å². The van der Waals surface area contributed by atoms with Crippen LogP contribution in [0.1, 0.15) is 56.1 Å². The number of likely N-dealkylation sites (tertiary alicyclic amines) is 1. The number of carbonyl (C=O) groups excluding carboxylic acids is 1. The molecule has 2 aromatic heterocycles. The van der Waals surface area contributed by atoms with Crippen molar-refractivity contribution in [1.29, 1.82) is 0 Å². The number of hydrogen-bond acceptors (Lipinski definition) is 5. The summed E-state index contributed by atoms with van der Waals surface area (Å²) in [5, 5.41) is 10.0. The number of anilines is 1. The molecule has 3 aliphatic rings. The molecule has 4 heterocycles. The van der Waals surface area contributed by atoms with Gasteiger partial charge in [0, 0.05) is 41.7 Å². The Morgan fingerprint density at radius 3 is 2.68 bits per heavy atom. The molecule has 1 amide bonds. The number of carbonyl (C=O) groups is 1. The first kappa shape index (κ1) is 25.7. The number of fused-ring (bicyclic) bond motifs is 1. The summed E-state index contributed by atoms with van der Waals surface area (Å²) in [6.07, 6.45) is 7.46. The average Bonchev–Trinajstić information content (AvgIpc) is 3.33. The fourth-order valence-corrected chi connectivity index (χ4v) is 7.04. The zero-order valence-electron chi connectivity index (χ0n) is 22.2. The van der Waals surface area contributed by atoms with Gasteiger partial charge in [-0.3, -0.25) is 14.4 Å². The van der Waals surface area contributed by atoms with Crippen molar-refractivity contribution in [2.75, 3.05) is 31.6 Å². The highest BCUT2D eigenvalue weighted by Gasteiger charge is 2.54. The third-order valence-corrected chi connectivity index (χ3v) is 9.46. The van der Waals surface area contributed by atoms with Crippen LogP contribution in [0.2, 0.25) is 5.02 Å². The fourth-order valence-electron chi connectivity index (χ4n) is 6.71. The number of aryl methyl sites for hydroxylation is 1. The van der Waals surface area contributed by atoms with E-state index in [0.717, 1.165) is 59.3 Å². The number of alkyl halides is 1. The SMILES string of the molecule is CC[C@H]1[C@@H](C(=O)Nc2cc3cc(C4CCN([C@]5(C)COC[C@@H]5F)CC4)c(Cl)cc3cn2)[C@@H]1c1cnn(C)c1. The second kappa shape index (κ2) is 9.88. The van der Waals surface area contributed by atoms with Crippen LogP contribution in [0.3, 0.4) is 0 Å². The maximum atomic E-state index is 14.5. The van der Waals surface area contributed by atoms with Gasteiger partial charge < -0.3 is 10.1 Å². The normalized spacial score (nSPS) is 30.1. The third kappa shape index (κ3) is 4.50. The Kier molecular flexibility index (Phi) is 6.69. The van der Waals surface area contributed by atoms with Crippen molar-refractivity contribution >= 4 is 34.1 Å². The van der Waals surface area contributed by atoms with Crippen LogP contribution in [0.15, 0.2) is 36.8 Å². The summed E-state index contributed by atoms with van der Waals surface area (Å²) in [5.74, 6) is 1.33. The van der Waals surface area contributed by atoms with Crippen molar-refractivity contribution in [1.82, 2.24) is 19.7 Å². The summed E-state index contributed by atoms with van der Waals surface area (Å²) < 4.78 is 21.7. The quantitative estimate of drug-likeness (QED) is 0.460. The van der Waals surface area contributed by atoms with Crippen LogP contribution >= 0.6 is 11.6 Å². The van der Waals surface area contributed by atoms with Gasteiger partial charge in [0.05, 0.1) is 24.9 Å². The lowest BCUT2D eigenvalue weighted by molar-refractivity contribution is -0.117. The Bertz CT molecular complexity index is 1360. The molecule has 0 spiro atoms. The van der Waals surface area contributed by atoms with Gasteiger partial charge in [0.15, 0.2) is 0 Å².